The van der Waals surface area contributed by atoms with Crippen LogP contribution in [0.4, 0.5) is 10.2 Å². The standard InChI is InChI=1S/C14H15BrFN3/c1-2-7-17-14-11(15)9-18-13(19-14)8-10-5-3-4-6-12(10)16/h3-6,9H,2,7-8H2,1H3,(H,17,18,19). The van der Waals surface area contributed by atoms with E-state index in [9.17, 15) is 4.39 Å². The molecule has 2 rings (SSSR count). The topological polar surface area (TPSA) is 37.8 Å². The van der Waals surface area contributed by atoms with Crippen LogP contribution in [-0.2, 0) is 6.42 Å². The Morgan fingerprint density at radius 3 is 2.84 bits per heavy atom. The maximum Gasteiger partial charge on any atom is 0.144 e. The van der Waals surface area contributed by atoms with Gasteiger partial charge in [-0.3, -0.25) is 0 Å². The van der Waals surface area contributed by atoms with Gasteiger partial charge in [0.2, 0.25) is 0 Å². The smallest absolute Gasteiger partial charge is 0.144 e. The van der Waals surface area contributed by atoms with E-state index >= 15 is 0 Å². The molecule has 0 atom stereocenters. The monoisotopic (exact) mass is 323 g/mol. The summed E-state index contributed by atoms with van der Waals surface area (Å²) in [5, 5.41) is 3.21. The van der Waals surface area contributed by atoms with Gasteiger partial charge < -0.3 is 5.32 Å². The largest absolute Gasteiger partial charge is 0.369 e. The molecule has 1 heterocycles. The second kappa shape index (κ2) is 6.61. The van der Waals surface area contributed by atoms with Crippen molar-refractivity contribution in [2.75, 3.05) is 11.9 Å². The zero-order chi connectivity index (χ0) is 13.7. The van der Waals surface area contributed by atoms with Gasteiger partial charge in [-0.1, -0.05) is 25.1 Å². The van der Waals surface area contributed by atoms with Gasteiger partial charge >= 0.3 is 0 Å². The lowest BCUT2D eigenvalue weighted by molar-refractivity contribution is 0.612. The molecule has 0 spiro atoms. The summed E-state index contributed by atoms with van der Waals surface area (Å²) in [7, 11) is 0. The minimum absolute atomic E-state index is 0.225. The Morgan fingerprint density at radius 1 is 1.32 bits per heavy atom. The molecular formula is C14H15BrFN3. The molecule has 19 heavy (non-hydrogen) atoms. The third-order valence-electron chi connectivity index (χ3n) is 2.64. The molecule has 0 amide bonds. The Labute approximate surface area is 120 Å². The molecule has 1 aromatic carbocycles. The van der Waals surface area contributed by atoms with E-state index in [2.05, 4.69) is 38.1 Å². The van der Waals surface area contributed by atoms with Crippen LogP contribution >= 0.6 is 15.9 Å². The lowest BCUT2D eigenvalue weighted by Gasteiger charge is -2.08. The van der Waals surface area contributed by atoms with E-state index in [-0.39, 0.29) is 5.82 Å². The highest BCUT2D eigenvalue weighted by molar-refractivity contribution is 9.10. The van der Waals surface area contributed by atoms with Crippen molar-refractivity contribution in [3.8, 4) is 0 Å². The third kappa shape index (κ3) is 3.73. The van der Waals surface area contributed by atoms with Crippen molar-refractivity contribution < 1.29 is 4.39 Å². The molecule has 0 aliphatic rings. The third-order valence-corrected chi connectivity index (χ3v) is 3.22. The van der Waals surface area contributed by atoms with E-state index in [1.165, 1.54) is 6.07 Å². The second-order valence-electron chi connectivity index (χ2n) is 4.18. The van der Waals surface area contributed by atoms with Crippen LogP contribution < -0.4 is 5.32 Å². The van der Waals surface area contributed by atoms with Gasteiger partial charge in [0.05, 0.1) is 4.47 Å². The van der Waals surface area contributed by atoms with Crippen molar-refractivity contribution >= 4 is 21.7 Å². The van der Waals surface area contributed by atoms with Gasteiger partial charge in [0.15, 0.2) is 0 Å². The predicted octanol–water partition coefficient (Wildman–Crippen LogP) is 3.79. The molecule has 0 fully saturated rings. The molecule has 1 aromatic heterocycles. The molecule has 0 radical (unpaired) electrons. The average molecular weight is 324 g/mol. The number of nitrogens with zero attached hydrogens (tertiary/aromatic N) is 2. The Balaban J connectivity index is 2.19. The molecule has 0 aliphatic heterocycles. The van der Waals surface area contributed by atoms with Gasteiger partial charge in [-0.2, -0.15) is 0 Å². The molecule has 1 N–H and O–H groups in total. The number of benzene rings is 1. The van der Waals surface area contributed by atoms with Crippen LogP contribution in [0, 0.1) is 5.82 Å². The minimum Gasteiger partial charge on any atom is -0.369 e. The number of halogens is 2. The number of hydrogen-bond donors (Lipinski definition) is 1. The predicted molar refractivity (Wildman–Crippen MR) is 77.7 cm³/mol. The molecular weight excluding hydrogens is 309 g/mol. The molecule has 2 aromatic rings. The maximum absolute atomic E-state index is 13.6. The summed E-state index contributed by atoms with van der Waals surface area (Å²) in [6, 6.07) is 6.69. The molecule has 100 valence electrons. The van der Waals surface area contributed by atoms with Gasteiger partial charge in [0.25, 0.3) is 0 Å². The fourth-order valence-corrected chi connectivity index (χ4v) is 2.00. The lowest BCUT2D eigenvalue weighted by Crippen LogP contribution is -2.06. The lowest BCUT2D eigenvalue weighted by atomic mass is 10.1. The average Bonchev–Trinajstić information content (AvgIpc) is 2.42. The molecule has 0 aliphatic carbocycles. The fraction of sp³-hybridized carbons (Fsp3) is 0.286. The quantitative estimate of drug-likeness (QED) is 0.909. The van der Waals surface area contributed by atoms with Crippen molar-refractivity contribution in [1.29, 1.82) is 0 Å². The van der Waals surface area contributed by atoms with Crippen LogP contribution in [0.2, 0.25) is 0 Å². The summed E-state index contributed by atoms with van der Waals surface area (Å²) in [5.41, 5.74) is 0.603. The van der Waals surface area contributed by atoms with E-state index in [4.69, 9.17) is 0 Å². The van der Waals surface area contributed by atoms with Crippen molar-refractivity contribution in [2.24, 2.45) is 0 Å². The maximum atomic E-state index is 13.6. The number of rotatable bonds is 5. The van der Waals surface area contributed by atoms with E-state index < -0.39 is 0 Å². The Morgan fingerprint density at radius 2 is 2.11 bits per heavy atom. The first-order valence-corrected chi connectivity index (χ1v) is 6.98. The molecule has 0 unspecified atom stereocenters. The highest BCUT2D eigenvalue weighted by Gasteiger charge is 2.07. The SMILES string of the molecule is CCCNc1nc(Cc2ccccc2F)ncc1Br. The first-order valence-electron chi connectivity index (χ1n) is 6.19. The van der Waals surface area contributed by atoms with Crippen LogP contribution in [0.3, 0.4) is 0 Å². The van der Waals surface area contributed by atoms with Gasteiger partial charge in [0.1, 0.15) is 17.5 Å². The summed E-state index contributed by atoms with van der Waals surface area (Å²) in [6.45, 7) is 2.93. The number of aromatic nitrogens is 2. The second-order valence-corrected chi connectivity index (χ2v) is 5.03. The zero-order valence-electron chi connectivity index (χ0n) is 10.7. The molecule has 3 nitrogen and oxygen atoms in total. The normalized spacial score (nSPS) is 10.5. The number of hydrogen-bond acceptors (Lipinski definition) is 3. The van der Waals surface area contributed by atoms with Gasteiger partial charge in [-0.15, -0.1) is 0 Å². The van der Waals surface area contributed by atoms with E-state index in [1.54, 1.807) is 18.3 Å². The summed E-state index contributed by atoms with van der Waals surface area (Å²) < 4.78 is 14.4. The van der Waals surface area contributed by atoms with Crippen molar-refractivity contribution in [3.63, 3.8) is 0 Å². The molecule has 5 heteroatoms. The van der Waals surface area contributed by atoms with Gasteiger partial charge in [-0.05, 0) is 34.0 Å². The van der Waals surface area contributed by atoms with Crippen molar-refractivity contribution in [2.45, 2.75) is 19.8 Å². The van der Waals surface area contributed by atoms with Crippen molar-refractivity contribution in [1.82, 2.24) is 9.97 Å². The zero-order valence-corrected chi connectivity index (χ0v) is 12.2. The summed E-state index contributed by atoms with van der Waals surface area (Å²) in [4.78, 5) is 8.63. The van der Waals surface area contributed by atoms with Crippen LogP contribution in [0.15, 0.2) is 34.9 Å². The van der Waals surface area contributed by atoms with Crippen LogP contribution in [-0.4, -0.2) is 16.5 Å². The molecule has 0 bridgehead atoms. The highest BCUT2D eigenvalue weighted by Crippen LogP contribution is 2.20. The van der Waals surface area contributed by atoms with Crippen molar-refractivity contribution in [3.05, 3.63) is 52.1 Å². The fourth-order valence-electron chi connectivity index (χ4n) is 1.67. The van der Waals surface area contributed by atoms with Crippen LogP contribution in [0.25, 0.3) is 0 Å². The van der Waals surface area contributed by atoms with Crippen LogP contribution in [0.1, 0.15) is 24.7 Å². The Kier molecular flexibility index (Phi) is 4.85. The highest BCUT2D eigenvalue weighted by atomic mass is 79.9. The summed E-state index contributed by atoms with van der Waals surface area (Å²) in [6.07, 6.45) is 3.10. The van der Waals surface area contributed by atoms with E-state index in [0.717, 1.165) is 23.3 Å². The number of anilines is 1. The first-order chi connectivity index (χ1) is 9.20. The summed E-state index contributed by atoms with van der Waals surface area (Å²) >= 11 is 3.40. The van der Waals surface area contributed by atoms with E-state index in [0.29, 0.717) is 17.8 Å². The molecule has 0 saturated carbocycles. The first kappa shape index (κ1) is 13.9. The van der Waals surface area contributed by atoms with Gasteiger partial charge in [0, 0.05) is 19.2 Å². The van der Waals surface area contributed by atoms with Crippen LogP contribution in [0.5, 0.6) is 0 Å². The Hall–Kier alpha value is -1.49. The number of nitrogens with one attached hydrogen (secondary N) is 1. The van der Waals surface area contributed by atoms with Gasteiger partial charge in [-0.25, -0.2) is 14.4 Å². The summed E-state index contributed by atoms with van der Waals surface area (Å²) in [5.74, 6) is 1.13. The van der Waals surface area contributed by atoms with E-state index in [1.807, 2.05) is 6.07 Å². The minimum atomic E-state index is -0.225. The Bertz CT molecular complexity index is 560. The molecule has 0 saturated heterocycles.